The lowest BCUT2D eigenvalue weighted by Crippen LogP contribution is -2.25. The molecule has 1 rings (SSSR count). The van der Waals surface area contributed by atoms with Crippen LogP contribution >= 0.6 is 0 Å². The molecule has 0 bridgehead atoms. The van der Waals surface area contributed by atoms with E-state index in [2.05, 4.69) is 48.4 Å². The van der Waals surface area contributed by atoms with Crippen molar-refractivity contribution < 1.29 is 0 Å². The van der Waals surface area contributed by atoms with Crippen LogP contribution in [0.15, 0.2) is 24.3 Å². The summed E-state index contributed by atoms with van der Waals surface area (Å²) in [6, 6.07) is 8.54. The summed E-state index contributed by atoms with van der Waals surface area (Å²) in [7, 11) is 0. The van der Waals surface area contributed by atoms with E-state index in [1.165, 1.54) is 95.8 Å². The fourth-order valence-corrected chi connectivity index (χ4v) is 3.30. The lowest BCUT2D eigenvalue weighted by molar-refractivity contribution is 0.575. The van der Waals surface area contributed by atoms with Crippen molar-refractivity contribution in [3.05, 3.63) is 24.3 Å². The highest BCUT2D eigenvalue weighted by Gasteiger charge is 2.06. The Balaban J connectivity index is 2.39. The molecule has 25 heavy (non-hydrogen) atoms. The molecular weight excluding hydrogens is 306 g/mol. The monoisotopic (exact) mass is 347 g/mol. The fraction of sp³-hybridized carbons (Fsp3) is 0.727. The zero-order chi connectivity index (χ0) is 18.2. The van der Waals surface area contributed by atoms with Gasteiger partial charge in [-0.2, -0.15) is 0 Å². The van der Waals surface area contributed by atoms with Gasteiger partial charge in [-0.25, -0.2) is 0 Å². The molecule has 0 saturated heterocycles. The first kappa shape index (κ1) is 21.8. The summed E-state index contributed by atoms with van der Waals surface area (Å²) < 4.78 is 0. The molecule has 0 fully saturated rings. The maximum Gasteiger partial charge on any atom is 0.0486 e. The van der Waals surface area contributed by atoms with Crippen LogP contribution in [0, 0.1) is 0 Å². The van der Waals surface area contributed by atoms with Gasteiger partial charge in [0.1, 0.15) is 0 Å². The van der Waals surface area contributed by atoms with Gasteiger partial charge in [-0.1, -0.05) is 78.1 Å². The number of hydrazine groups is 1. The SMILES string of the molecule is CCCCCCCCN(CCCCCCCC)c1ccc(NN)cc1. The first-order chi connectivity index (χ1) is 12.3. The molecule has 1 aromatic carbocycles. The normalized spacial score (nSPS) is 10.8. The average Bonchev–Trinajstić information content (AvgIpc) is 2.65. The predicted octanol–water partition coefficient (Wildman–Crippen LogP) is 6.50. The lowest BCUT2D eigenvalue weighted by atomic mass is 10.1. The third-order valence-corrected chi connectivity index (χ3v) is 4.96. The smallest absolute Gasteiger partial charge is 0.0486 e. The second-order valence-electron chi connectivity index (χ2n) is 7.21. The van der Waals surface area contributed by atoms with Crippen LogP contribution in [-0.2, 0) is 0 Å². The van der Waals surface area contributed by atoms with Crippen molar-refractivity contribution in [2.24, 2.45) is 5.84 Å². The number of hydrogen-bond donors (Lipinski definition) is 2. The van der Waals surface area contributed by atoms with Crippen LogP contribution < -0.4 is 16.2 Å². The number of rotatable bonds is 16. The molecular formula is C22H41N3. The Morgan fingerprint density at radius 2 is 1.12 bits per heavy atom. The van der Waals surface area contributed by atoms with Crippen LogP contribution in [0.1, 0.15) is 90.9 Å². The molecule has 3 nitrogen and oxygen atoms in total. The Morgan fingerprint density at radius 1 is 0.680 bits per heavy atom. The summed E-state index contributed by atoms with van der Waals surface area (Å²) in [4.78, 5) is 2.57. The number of nitrogens with two attached hydrogens (primary N) is 1. The van der Waals surface area contributed by atoms with Crippen LogP contribution in [0.5, 0.6) is 0 Å². The molecule has 0 aliphatic rings. The van der Waals surface area contributed by atoms with E-state index in [-0.39, 0.29) is 0 Å². The Kier molecular flexibility index (Phi) is 13.2. The van der Waals surface area contributed by atoms with Crippen LogP contribution in [0.4, 0.5) is 11.4 Å². The molecule has 0 aromatic heterocycles. The number of benzene rings is 1. The molecule has 1 aromatic rings. The molecule has 0 radical (unpaired) electrons. The highest BCUT2D eigenvalue weighted by Crippen LogP contribution is 2.20. The van der Waals surface area contributed by atoms with Gasteiger partial charge in [0.05, 0.1) is 0 Å². The second-order valence-corrected chi connectivity index (χ2v) is 7.21. The molecule has 0 unspecified atom stereocenters. The number of unbranched alkanes of at least 4 members (excludes halogenated alkanes) is 10. The topological polar surface area (TPSA) is 41.3 Å². The Bertz CT molecular complexity index is 386. The van der Waals surface area contributed by atoms with Gasteiger partial charge in [0.2, 0.25) is 0 Å². The molecule has 0 aliphatic heterocycles. The molecule has 3 N–H and O–H groups in total. The van der Waals surface area contributed by atoms with Crippen molar-refractivity contribution in [3.63, 3.8) is 0 Å². The van der Waals surface area contributed by atoms with Gasteiger partial charge in [0.15, 0.2) is 0 Å². The van der Waals surface area contributed by atoms with Crippen LogP contribution in [0.25, 0.3) is 0 Å². The van der Waals surface area contributed by atoms with Gasteiger partial charge in [-0.05, 0) is 37.1 Å². The number of nitrogens with one attached hydrogen (secondary N) is 1. The van der Waals surface area contributed by atoms with E-state index >= 15 is 0 Å². The largest absolute Gasteiger partial charge is 0.372 e. The minimum atomic E-state index is 0.975. The van der Waals surface area contributed by atoms with E-state index in [1.54, 1.807) is 0 Å². The number of nitrogens with zero attached hydrogens (tertiary/aromatic N) is 1. The highest BCUT2D eigenvalue weighted by molar-refractivity contribution is 5.54. The summed E-state index contributed by atoms with van der Waals surface area (Å²) >= 11 is 0. The van der Waals surface area contributed by atoms with E-state index in [0.717, 1.165) is 5.69 Å². The maximum absolute atomic E-state index is 5.49. The molecule has 3 heteroatoms. The Labute approximate surface area is 156 Å². The molecule has 0 heterocycles. The summed E-state index contributed by atoms with van der Waals surface area (Å²) in [5.41, 5.74) is 5.03. The lowest BCUT2D eigenvalue weighted by Gasteiger charge is -2.25. The summed E-state index contributed by atoms with van der Waals surface area (Å²) in [6.07, 6.45) is 16.3. The van der Waals surface area contributed by atoms with Crippen molar-refractivity contribution in [1.29, 1.82) is 0 Å². The fourth-order valence-electron chi connectivity index (χ4n) is 3.30. The first-order valence-electron chi connectivity index (χ1n) is 10.6. The molecule has 0 saturated carbocycles. The molecule has 0 atom stereocenters. The average molecular weight is 348 g/mol. The molecule has 0 aliphatic carbocycles. The minimum Gasteiger partial charge on any atom is -0.372 e. The first-order valence-corrected chi connectivity index (χ1v) is 10.6. The predicted molar refractivity (Wildman–Crippen MR) is 113 cm³/mol. The van der Waals surface area contributed by atoms with Crippen LogP contribution in [0.3, 0.4) is 0 Å². The standard InChI is InChI=1S/C22H41N3/c1-3-5-7-9-11-13-19-25(20-14-12-10-8-6-4-2)22-17-15-21(24-23)16-18-22/h15-18,24H,3-14,19-20,23H2,1-2H3. The Morgan fingerprint density at radius 3 is 1.56 bits per heavy atom. The van der Waals surface area contributed by atoms with E-state index in [4.69, 9.17) is 5.84 Å². The van der Waals surface area contributed by atoms with E-state index in [0.29, 0.717) is 0 Å². The van der Waals surface area contributed by atoms with E-state index in [9.17, 15) is 0 Å². The Hall–Kier alpha value is -1.22. The number of nitrogen functional groups attached to an aromatic ring is 1. The van der Waals surface area contributed by atoms with Crippen LogP contribution in [0.2, 0.25) is 0 Å². The van der Waals surface area contributed by atoms with Crippen molar-refractivity contribution in [2.75, 3.05) is 23.4 Å². The summed E-state index contributed by atoms with van der Waals surface area (Å²) in [5, 5.41) is 0. The van der Waals surface area contributed by atoms with Gasteiger partial charge in [-0.3, -0.25) is 5.84 Å². The highest BCUT2D eigenvalue weighted by atomic mass is 15.2. The van der Waals surface area contributed by atoms with E-state index < -0.39 is 0 Å². The zero-order valence-corrected chi connectivity index (χ0v) is 16.7. The van der Waals surface area contributed by atoms with Gasteiger partial charge in [0.25, 0.3) is 0 Å². The maximum atomic E-state index is 5.49. The molecule has 0 spiro atoms. The third-order valence-electron chi connectivity index (χ3n) is 4.96. The summed E-state index contributed by atoms with van der Waals surface area (Å²) in [5.74, 6) is 5.49. The van der Waals surface area contributed by atoms with Gasteiger partial charge in [-0.15, -0.1) is 0 Å². The van der Waals surface area contributed by atoms with Crippen molar-refractivity contribution in [3.8, 4) is 0 Å². The second kappa shape index (κ2) is 15.1. The van der Waals surface area contributed by atoms with Gasteiger partial charge in [0, 0.05) is 24.5 Å². The molecule has 144 valence electrons. The van der Waals surface area contributed by atoms with Crippen molar-refractivity contribution in [1.82, 2.24) is 0 Å². The van der Waals surface area contributed by atoms with Gasteiger partial charge >= 0.3 is 0 Å². The quantitative estimate of drug-likeness (QED) is 0.204. The molecule has 0 amide bonds. The van der Waals surface area contributed by atoms with E-state index in [1.807, 2.05) is 0 Å². The van der Waals surface area contributed by atoms with Gasteiger partial charge < -0.3 is 10.3 Å². The number of anilines is 2. The van der Waals surface area contributed by atoms with Crippen LogP contribution in [-0.4, -0.2) is 13.1 Å². The number of hydrogen-bond acceptors (Lipinski definition) is 3. The zero-order valence-electron chi connectivity index (χ0n) is 16.7. The third kappa shape index (κ3) is 10.4. The van der Waals surface area contributed by atoms with Crippen molar-refractivity contribution in [2.45, 2.75) is 90.9 Å². The summed E-state index contributed by atoms with van der Waals surface area (Å²) in [6.45, 7) is 6.91. The minimum absolute atomic E-state index is 0.975. The van der Waals surface area contributed by atoms with Crippen molar-refractivity contribution >= 4 is 11.4 Å².